The number of phenolic OH excluding ortho intramolecular Hbond substituents is 2. The molecule has 2 N–H and O–H groups in total. The second kappa shape index (κ2) is 7.94. The van der Waals surface area contributed by atoms with Crippen LogP contribution < -0.4 is 9.47 Å². The molecule has 2 atom stereocenters. The average Bonchev–Trinajstić information content (AvgIpc) is 3.31. The maximum absolute atomic E-state index is 10.8. The molecule has 2 heterocycles. The first-order valence-corrected chi connectivity index (χ1v) is 12.0. The largest absolute Gasteiger partial charge is 0.508 e. The lowest BCUT2D eigenvalue weighted by molar-refractivity contribution is 0.189. The van der Waals surface area contributed by atoms with E-state index >= 15 is 0 Å². The zero-order valence-corrected chi connectivity index (χ0v) is 18.5. The monoisotopic (exact) mass is 447 g/mol. The number of likely N-dealkylation sites (tertiary alicyclic amines) is 1. The zero-order chi connectivity index (χ0) is 21.7. The molecule has 0 bridgehead atoms. The number of benzene rings is 3. The predicted octanol–water partition coefficient (Wildman–Crippen LogP) is 5.52. The molecule has 3 aromatic rings. The fourth-order valence-electron chi connectivity index (χ4n) is 5.01. The van der Waals surface area contributed by atoms with Crippen molar-refractivity contribution in [3.63, 3.8) is 0 Å². The van der Waals surface area contributed by atoms with E-state index in [1.165, 1.54) is 12.8 Å². The fourth-order valence-corrected chi connectivity index (χ4v) is 6.36. The standard InChI is InChI=1S/C26H25NO4S/c28-16-6-9-22-23(14-16)32-26-19-4-3-5-21(29)24(19)20-15-17(7-8-18(20)25(26)31-22)30-13-12-27-10-1-2-11-27/h3-9,14-15,25-26,28-29H,1-2,10-13H2/t25-,26+/m0/s1. The van der Waals surface area contributed by atoms with Gasteiger partial charge in [-0.3, -0.25) is 4.90 Å². The van der Waals surface area contributed by atoms with E-state index in [1.54, 1.807) is 30.0 Å². The molecule has 1 saturated heterocycles. The van der Waals surface area contributed by atoms with E-state index < -0.39 is 0 Å². The van der Waals surface area contributed by atoms with E-state index in [0.29, 0.717) is 6.61 Å². The van der Waals surface area contributed by atoms with Crippen LogP contribution in [0.15, 0.2) is 59.5 Å². The van der Waals surface area contributed by atoms with Gasteiger partial charge in [-0.1, -0.05) is 18.2 Å². The Morgan fingerprint density at radius 2 is 1.88 bits per heavy atom. The van der Waals surface area contributed by atoms with Crippen LogP contribution in [0.2, 0.25) is 0 Å². The van der Waals surface area contributed by atoms with E-state index in [2.05, 4.69) is 17.0 Å². The number of fused-ring (bicyclic) bond motifs is 7. The molecule has 6 heteroatoms. The zero-order valence-electron chi connectivity index (χ0n) is 17.7. The summed E-state index contributed by atoms with van der Waals surface area (Å²) in [5, 5.41) is 20.7. The van der Waals surface area contributed by atoms with Gasteiger partial charge >= 0.3 is 0 Å². The van der Waals surface area contributed by atoms with Gasteiger partial charge in [0.25, 0.3) is 0 Å². The highest BCUT2D eigenvalue weighted by atomic mass is 32.2. The predicted molar refractivity (Wildman–Crippen MR) is 125 cm³/mol. The number of ether oxygens (including phenoxy) is 2. The van der Waals surface area contributed by atoms with E-state index in [4.69, 9.17) is 9.47 Å². The van der Waals surface area contributed by atoms with Crippen molar-refractivity contribution in [3.8, 4) is 34.1 Å². The highest BCUT2D eigenvalue weighted by molar-refractivity contribution is 7.99. The Morgan fingerprint density at radius 3 is 2.75 bits per heavy atom. The molecule has 0 aromatic heterocycles. The van der Waals surface area contributed by atoms with Crippen LogP contribution in [0.3, 0.4) is 0 Å². The molecule has 0 radical (unpaired) electrons. The van der Waals surface area contributed by atoms with Gasteiger partial charge in [0.15, 0.2) is 0 Å². The third-order valence-electron chi connectivity index (χ3n) is 6.57. The Hall–Kier alpha value is -2.83. The normalized spacial score (nSPS) is 21.1. The lowest BCUT2D eigenvalue weighted by Crippen LogP contribution is -2.25. The van der Waals surface area contributed by atoms with Crippen LogP contribution in [0.25, 0.3) is 11.1 Å². The van der Waals surface area contributed by atoms with E-state index in [0.717, 1.165) is 58.3 Å². The Kier molecular flexibility index (Phi) is 4.92. The molecule has 3 aliphatic rings. The average molecular weight is 448 g/mol. The maximum Gasteiger partial charge on any atom is 0.141 e. The molecular formula is C26H25NO4S. The molecule has 6 rings (SSSR count). The molecule has 3 aromatic carbocycles. The van der Waals surface area contributed by atoms with Crippen molar-refractivity contribution >= 4 is 11.8 Å². The van der Waals surface area contributed by atoms with Gasteiger partial charge in [0, 0.05) is 17.7 Å². The molecular weight excluding hydrogens is 422 g/mol. The Labute approximate surface area is 191 Å². The van der Waals surface area contributed by atoms with Crippen molar-refractivity contribution in [3.05, 3.63) is 65.7 Å². The third kappa shape index (κ3) is 3.38. The first-order valence-electron chi connectivity index (χ1n) is 11.1. The van der Waals surface area contributed by atoms with Crippen molar-refractivity contribution in [2.75, 3.05) is 26.2 Å². The molecule has 5 nitrogen and oxygen atoms in total. The van der Waals surface area contributed by atoms with Gasteiger partial charge in [-0.25, -0.2) is 0 Å². The summed E-state index contributed by atoms with van der Waals surface area (Å²) in [5.41, 5.74) is 3.88. The summed E-state index contributed by atoms with van der Waals surface area (Å²) in [6.45, 7) is 3.91. The van der Waals surface area contributed by atoms with Gasteiger partial charge in [-0.05, 0) is 73.5 Å². The van der Waals surface area contributed by atoms with Crippen LogP contribution in [-0.2, 0) is 0 Å². The number of hydrogen-bond donors (Lipinski definition) is 2. The topological polar surface area (TPSA) is 62.2 Å². The van der Waals surface area contributed by atoms with Gasteiger partial charge in [-0.2, -0.15) is 0 Å². The maximum atomic E-state index is 10.8. The van der Waals surface area contributed by atoms with Gasteiger partial charge in [0.1, 0.15) is 35.7 Å². The van der Waals surface area contributed by atoms with Crippen molar-refractivity contribution in [1.82, 2.24) is 4.90 Å². The SMILES string of the molecule is Oc1ccc2c(c1)S[C@@H]1c3cccc(O)c3-c3cc(OCCN4CCCC4)ccc3[C@@H]1O2. The van der Waals surface area contributed by atoms with E-state index in [9.17, 15) is 10.2 Å². The minimum atomic E-state index is -0.181. The highest BCUT2D eigenvalue weighted by Gasteiger charge is 2.41. The molecule has 0 unspecified atom stereocenters. The summed E-state index contributed by atoms with van der Waals surface area (Å²) >= 11 is 1.67. The number of hydrogen-bond acceptors (Lipinski definition) is 6. The Balaban J connectivity index is 1.36. The van der Waals surface area contributed by atoms with Crippen LogP contribution >= 0.6 is 11.8 Å². The first kappa shape index (κ1) is 19.8. The lowest BCUT2D eigenvalue weighted by atomic mass is 9.82. The van der Waals surface area contributed by atoms with E-state index in [-0.39, 0.29) is 22.9 Å². The third-order valence-corrected chi connectivity index (χ3v) is 7.89. The first-order chi connectivity index (χ1) is 15.7. The van der Waals surface area contributed by atoms with Crippen molar-refractivity contribution in [1.29, 1.82) is 0 Å². The Morgan fingerprint density at radius 1 is 1.00 bits per heavy atom. The summed E-state index contributed by atoms with van der Waals surface area (Å²) in [4.78, 5) is 3.35. The van der Waals surface area contributed by atoms with Crippen LogP contribution in [0.5, 0.6) is 23.0 Å². The van der Waals surface area contributed by atoms with Crippen molar-refractivity contribution in [2.45, 2.75) is 29.1 Å². The highest BCUT2D eigenvalue weighted by Crippen LogP contribution is 2.60. The van der Waals surface area contributed by atoms with Gasteiger partial charge in [0.2, 0.25) is 0 Å². The summed E-state index contributed by atoms with van der Waals surface area (Å²) < 4.78 is 12.5. The van der Waals surface area contributed by atoms with Crippen molar-refractivity contribution < 1.29 is 19.7 Å². The summed E-state index contributed by atoms with van der Waals surface area (Å²) in [7, 11) is 0. The minimum absolute atomic E-state index is 0.0131. The smallest absolute Gasteiger partial charge is 0.141 e. The number of thioether (sulfide) groups is 1. The van der Waals surface area contributed by atoms with Crippen LogP contribution in [0, 0.1) is 0 Å². The molecule has 0 spiro atoms. The summed E-state index contributed by atoms with van der Waals surface area (Å²) in [5.74, 6) is 2.07. The number of aromatic hydroxyl groups is 2. The second-order valence-corrected chi connectivity index (χ2v) is 9.78. The molecule has 1 aliphatic carbocycles. The van der Waals surface area contributed by atoms with Crippen LogP contribution in [0.1, 0.15) is 35.3 Å². The van der Waals surface area contributed by atoms with Gasteiger partial charge < -0.3 is 19.7 Å². The van der Waals surface area contributed by atoms with Crippen LogP contribution in [-0.4, -0.2) is 41.4 Å². The van der Waals surface area contributed by atoms with Crippen molar-refractivity contribution in [2.24, 2.45) is 0 Å². The minimum Gasteiger partial charge on any atom is -0.508 e. The molecule has 0 amide bonds. The lowest BCUT2D eigenvalue weighted by Gasteiger charge is -2.39. The fraction of sp³-hybridized carbons (Fsp3) is 0.308. The molecule has 1 fully saturated rings. The number of rotatable bonds is 4. The quantitative estimate of drug-likeness (QED) is 0.549. The molecule has 32 heavy (non-hydrogen) atoms. The molecule has 2 aliphatic heterocycles. The van der Waals surface area contributed by atoms with Crippen LogP contribution in [0.4, 0.5) is 0 Å². The number of phenols is 2. The summed E-state index contributed by atoms with van der Waals surface area (Å²) in [6.07, 6.45) is 2.37. The van der Waals surface area contributed by atoms with Gasteiger partial charge in [0.05, 0.1) is 10.1 Å². The number of nitrogens with zero attached hydrogens (tertiary/aromatic N) is 1. The second-order valence-electron chi connectivity index (χ2n) is 8.60. The Bertz CT molecular complexity index is 1170. The van der Waals surface area contributed by atoms with E-state index in [1.807, 2.05) is 24.3 Å². The molecule has 0 saturated carbocycles. The summed E-state index contributed by atoms with van der Waals surface area (Å²) in [6, 6.07) is 17.0. The van der Waals surface area contributed by atoms with Gasteiger partial charge in [-0.15, -0.1) is 11.8 Å². The molecule has 164 valence electrons.